The van der Waals surface area contributed by atoms with E-state index in [1.54, 1.807) is 12.1 Å². The van der Waals surface area contributed by atoms with Gasteiger partial charge in [-0.15, -0.1) is 0 Å². The SMILES string of the molecule is NC(=S)c1c(F)cccc1NCCCC(=O)NC1CC1. The Kier molecular flexibility index (Phi) is 4.89. The van der Waals surface area contributed by atoms with E-state index in [0.717, 1.165) is 12.8 Å². The summed E-state index contributed by atoms with van der Waals surface area (Å²) in [4.78, 5) is 11.5. The molecule has 0 bridgehead atoms. The molecular formula is C14H18FN3OS. The normalized spacial score (nSPS) is 13.8. The standard InChI is InChI=1S/C14H18FN3OS/c15-10-3-1-4-11(13(10)14(16)20)17-8-2-5-12(19)18-9-6-7-9/h1,3-4,9,17H,2,5-8H2,(H2,16,20)(H,18,19). The van der Waals surface area contributed by atoms with Crippen molar-refractivity contribution in [2.24, 2.45) is 5.73 Å². The maximum atomic E-state index is 13.6. The van der Waals surface area contributed by atoms with Gasteiger partial charge < -0.3 is 16.4 Å². The lowest BCUT2D eigenvalue weighted by atomic mass is 10.1. The van der Waals surface area contributed by atoms with Crippen molar-refractivity contribution in [2.45, 2.75) is 31.7 Å². The molecule has 2 rings (SSSR count). The van der Waals surface area contributed by atoms with Crippen LogP contribution in [0.3, 0.4) is 0 Å². The van der Waals surface area contributed by atoms with Crippen LogP contribution in [-0.2, 0) is 4.79 Å². The van der Waals surface area contributed by atoms with Crippen molar-refractivity contribution in [3.8, 4) is 0 Å². The highest BCUT2D eigenvalue weighted by atomic mass is 32.1. The second kappa shape index (κ2) is 6.65. The molecule has 4 nitrogen and oxygen atoms in total. The first-order valence-electron chi connectivity index (χ1n) is 6.69. The first-order chi connectivity index (χ1) is 9.58. The minimum Gasteiger partial charge on any atom is -0.389 e. The molecule has 1 amide bonds. The topological polar surface area (TPSA) is 67.1 Å². The Morgan fingerprint density at radius 1 is 1.45 bits per heavy atom. The molecule has 6 heteroatoms. The summed E-state index contributed by atoms with van der Waals surface area (Å²) >= 11 is 4.85. The van der Waals surface area contributed by atoms with Gasteiger partial charge in [-0.3, -0.25) is 4.79 Å². The van der Waals surface area contributed by atoms with Gasteiger partial charge in [0.1, 0.15) is 10.8 Å². The number of hydrogen-bond acceptors (Lipinski definition) is 3. The molecule has 0 radical (unpaired) electrons. The minimum atomic E-state index is -0.436. The van der Waals surface area contributed by atoms with Crippen LogP contribution >= 0.6 is 12.2 Å². The highest BCUT2D eigenvalue weighted by molar-refractivity contribution is 7.80. The Hall–Kier alpha value is -1.69. The number of rotatable bonds is 7. The molecule has 0 aromatic heterocycles. The van der Waals surface area contributed by atoms with Crippen molar-refractivity contribution in [3.05, 3.63) is 29.6 Å². The van der Waals surface area contributed by atoms with E-state index in [9.17, 15) is 9.18 Å². The average Bonchev–Trinajstić information content (AvgIpc) is 3.18. The van der Waals surface area contributed by atoms with Crippen LogP contribution in [0, 0.1) is 5.82 Å². The maximum absolute atomic E-state index is 13.6. The Morgan fingerprint density at radius 2 is 2.20 bits per heavy atom. The summed E-state index contributed by atoms with van der Waals surface area (Å²) in [6, 6.07) is 5.03. The van der Waals surface area contributed by atoms with E-state index in [4.69, 9.17) is 18.0 Å². The molecule has 0 atom stereocenters. The summed E-state index contributed by atoms with van der Waals surface area (Å²) in [6.45, 7) is 0.567. The number of carbonyl (C=O) groups excluding carboxylic acids is 1. The van der Waals surface area contributed by atoms with Gasteiger partial charge in [0.05, 0.1) is 5.56 Å². The Morgan fingerprint density at radius 3 is 2.85 bits per heavy atom. The Labute approximate surface area is 122 Å². The van der Waals surface area contributed by atoms with E-state index in [1.807, 2.05) is 0 Å². The van der Waals surface area contributed by atoms with Gasteiger partial charge in [0.25, 0.3) is 0 Å². The molecule has 108 valence electrons. The molecule has 0 spiro atoms. The molecule has 0 heterocycles. The van der Waals surface area contributed by atoms with Gasteiger partial charge in [0.2, 0.25) is 5.91 Å². The number of halogens is 1. The van der Waals surface area contributed by atoms with Crippen LogP contribution in [-0.4, -0.2) is 23.5 Å². The Bertz CT molecular complexity index is 517. The predicted molar refractivity (Wildman–Crippen MR) is 81.2 cm³/mol. The number of hydrogen-bond donors (Lipinski definition) is 3. The molecular weight excluding hydrogens is 277 g/mol. The van der Waals surface area contributed by atoms with Gasteiger partial charge in [0, 0.05) is 24.7 Å². The van der Waals surface area contributed by atoms with E-state index in [0.29, 0.717) is 31.1 Å². The van der Waals surface area contributed by atoms with E-state index in [1.165, 1.54) is 6.07 Å². The van der Waals surface area contributed by atoms with Gasteiger partial charge in [-0.05, 0) is 31.4 Å². The largest absolute Gasteiger partial charge is 0.389 e. The second-order valence-electron chi connectivity index (χ2n) is 4.90. The molecule has 1 fully saturated rings. The van der Waals surface area contributed by atoms with Crippen LogP contribution in [0.4, 0.5) is 10.1 Å². The number of nitrogens with two attached hydrogens (primary N) is 1. The van der Waals surface area contributed by atoms with Crippen LogP contribution in [0.2, 0.25) is 0 Å². The number of nitrogens with one attached hydrogen (secondary N) is 2. The lowest BCUT2D eigenvalue weighted by Gasteiger charge is -2.11. The summed E-state index contributed by atoms with van der Waals surface area (Å²) in [5, 5.41) is 6.00. The molecule has 1 aromatic carbocycles. The summed E-state index contributed by atoms with van der Waals surface area (Å²) in [6.07, 6.45) is 3.31. The molecule has 0 saturated heterocycles. The Balaban J connectivity index is 1.80. The highest BCUT2D eigenvalue weighted by Gasteiger charge is 2.22. The van der Waals surface area contributed by atoms with Crippen molar-refractivity contribution in [2.75, 3.05) is 11.9 Å². The fourth-order valence-corrected chi connectivity index (χ4v) is 2.13. The zero-order valence-corrected chi connectivity index (χ0v) is 11.9. The van der Waals surface area contributed by atoms with Crippen LogP contribution in [0.15, 0.2) is 18.2 Å². The summed E-state index contributed by atoms with van der Waals surface area (Å²) in [5.41, 5.74) is 6.31. The van der Waals surface area contributed by atoms with Gasteiger partial charge in [-0.2, -0.15) is 0 Å². The van der Waals surface area contributed by atoms with Crippen molar-refractivity contribution < 1.29 is 9.18 Å². The van der Waals surface area contributed by atoms with Crippen LogP contribution in [0.25, 0.3) is 0 Å². The molecule has 1 aromatic rings. The monoisotopic (exact) mass is 295 g/mol. The maximum Gasteiger partial charge on any atom is 0.220 e. The quantitative estimate of drug-likeness (QED) is 0.531. The zero-order chi connectivity index (χ0) is 14.5. The predicted octanol–water partition coefficient (Wildman–Crippen LogP) is 1.93. The third-order valence-electron chi connectivity index (χ3n) is 3.10. The number of anilines is 1. The highest BCUT2D eigenvalue weighted by Crippen LogP contribution is 2.20. The van der Waals surface area contributed by atoms with Crippen LogP contribution in [0.1, 0.15) is 31.2 Å². The summed E-state index contributed by atoms with van der Waals surface area (Å²) in [7, 11) is 0. The molecule has 20 heavy (non-hydrogen) atoms. The molecule has 0 unspecified atom stereocenters. The zero-order valence-electron chi connectivity index (χ0n) is 11.1. The number of thiocarbonyl (C=S) groups is 1. The summed E-state index contributed by atoms with van der Waals surface area (Å²) < 4.78 is 13.6. The lowest BCUT2D eigenvalue weighted by Crippen LogP contribution is -2.25. The molecule has 1 aliphatic carbocycles. The van der Waals surface area contributed by atoms with E-state index in [2.05, 4.69) is 10.6 Å². The van der Waals surface area contributed by atoms with Crippen molar-refractivity contribution in [3.63, 3.8) is 0 Å². The smallest absolute Gasteiger partial charge is 0.220 e. The number of benzene rings is 1. The third kappa shape index (κ3) is 4.16. The molecule has 4 N–H and O–H groups in total. The second-order valence-corrected chi connectivity index (χ2v) is 5.34. The minimum absolute atomic E-state index is 0.0251. The van der Waals surface area contributed by atoms with Crippen molar-refractivity contribution >= 4 is 28.8 Å². The molecule has 0 aliphatic heterocycles. The molecule has 1 aliphatic rings. The van der Waals surface area contributed by atoms with Gasteiger partial charge in [-0.25, -0.2) is 4.39 Å². The first kappa shape index (κ1) is 14.7. The van der Waals surface area contributed by atoms with E-state index in [-0.39, 0.29) is 16.5 Å². The number of carbonyl (C=O) groups is 1. The van der Waals surface area contributed by atoms with E-state index < -0.39 is 5.82 Å². The van der Waals surface area contributed by atoms with Crippen LogP contribution in [0.5, 0.6) is 0 Å². The first-order valence-corrected chi connectivity index (χ1v) is 7.10. The van der Waals surface area contributed by atoms with Crippen molar-refractivity contribution in [1.29, 1.82) is 0 Å². The number of amides is 1. The van der Waals surface area contributed by atoms with Crippen LogP contribution < -0.4 is 16.4 Å². The van der Waals surface area contributed by atoms with Gasteiger partial charge >= 0.3 is 0 Å². The fourth-order valence-electron chi connectivity index (χ4n) is 1.92. The van der Waals surface area contributed by atoms with Crippen molar-refractivity contribution in [1.82, 2.24) is 5.32 Å². The lowest BCUT2D eigenvalue weighted by molar-refractivity contribution is -0.121. The van der Waals surface area contributed by atoms with Gasteiger partial charge in [-0.1, -0.05) is 18.3 Å². The van der Waals surface area contributed by atoms with Gasteiger partial charge in [0.15, 0.2) is 0 Å². The third-order valence-corrected chi connectivity index (χ3v) is 3.30. The van der Waals surface area contributed by atoms with E-state index >= 15 is 0 Å². The molecule has 1 saturated carbocycles. The average molecular weight is 295 g/mol. The fraction of sp³-hybridized carbons (Fsp3) is 0.429. The summed E-state index contributed by atoms with van der Waals surface area (Å²) in [5.74, 6) is -0.364.